The van der Waals surface area contributed by atoms with Crippen molar-refractivity contribution in [3.8, 4) is 11.5 Å². The van der Waals surface area contributed by atoms with Crippen molar-refractivity contribution in [2.45, 2.75) is 0 Å². The summed E-state index contributed by atoms with van der Waals surface area (Å²) in [6, 6.07) is 25.0. The molecule has 0 saturated heterocycles. The van der Waals surface area contributed by atoms with Crippen molar-refractivity contribution < 1.29 is 18.4 Å². The number of carbonyl (C=O) groups excluding carboxylic acids is 2. The minimum Gasteiger partial charge on any atom is -0.465 e. The Morgan fingerprint density at radius 2 is 1.68 bits per heavy atom. The monoisotopic (exact) mass is 449 g/mol. The minimum atomic E-state index is -0.301. The van der Waals surface area contributed by atoms with Gasteiger partial charge in [-0.3, -0.25) is 9.59 Å². The highest BCUT2D eigenvalue weighted by Gasteiger charge is 2.11. The molecule has 2 N–H and O–H groups in total. The topological polar surface area (TPSA) is 97.4 Å². The maximum atomic E-state index is 12.7. The molecule has 0 unspecified atom stereocenters. The van der Waals surface area contributed by atoms with Crippen LogP contribution in [0.5, 0.6) is 0 Å². The molecule has 2 amide bonds. The molecule has 0 atom stereocenters. The minimum absolute atomic E-state index is 0.273. The Morgan fingerprint density at radius 3 is 2.47 bits per heavy atom. The zero-order valence-corrected chi connectivity index (χ0v) is 17.9. The maximum absolute atomic E-state index is 12.7. The number of furan rings is 1. The first-order valence-electron chi connectivity index (χ1n) is 10.5. The van der Waals surface area contributed by atoms with Crippen LogP contribution in [-0.4, -0.2) is 16.8 Å². The largest absolute Gasteiger partial charge is 0.465 e. The number of hydrogen-bond acceptors (Lipinski definition) is 5. The first-order chi connectivity index (χ1) is 16.6. The average molecular weight is 449 g/mol. The fourth-order valence-electron chi connectivity index (χ4n) is 3.36. The van der Waals surface area contributed by atoms with Gasteiger partial charge in [0.25, 0.3) is 5.91 Å². The second-order valence-electron chi connectivity index (χ2n) is 7.44. The number of para-hydroxylation sites is 2. The van der Waals surface area contributed by atoms with Crippen LogP contribution in [0.1, 0.15) is 16.1 Å². The molecule has 2 heterocycles. The van der Waals surface area contributed by atoms with Gasteiger partial charge < -0.3 is 19.5 Å². The van der Waals surface area contributed by atoms with Gasteiger partial charge in [-0.25, -0.2) is 4.98 Å². The van der Waals surface area contributed by atoms with Gasteiger partial charge in [-0.15, -0.1) is 0 Å². The van der Waals surface area contributed by atoms with Gasteiger partial charge in [0.2, 0.25) is 11.8 Å². The van der Waals surface area contributed by atoms with Gasteiger partial charge in [0.15, 0.2) is 5.58 Å². The fraction of sp³-hybridized carbons (Fsp3) is 0. The third kappa shape index (κ3) is 4.78. The van der Waals surface area contributed by atoms with E-state index < -0.39 is 0 Å². The van der Waals surface area contributed by atoms with Crippen LogP contribution in [0.2, 0.25) is 0 Å². The normalized spacial score (nSPS) is 11.1. The number of amides is 2. The van der Waals surface area contributed by atoms with Gasteiger partial charge in [0.05, 0.1) is 6.26 Å². The molecular formula is C27H19N3O4. The zero-order valence-electron chi connectivity index (χ0n) is 17.9. The van der Waals surface area contributed by atoms with Crippen molar-refractivity contribution >= 4 is 40.4 Å². The van der Waals surface area contributed by atoms with E-state index in [-0.39, 0.29) is 11.8 Å². The first-order valence-corrected chi connectivity index (χ1v) is 10.5. The van der Waals surface area contributed by atoms with Crippen molar-refractivity contribution in [3.05, 3.63) is 109 Å². The average Bonchev–Trinajstić information content (AvgIpc) is 3.53. The first kappa shape index (κ1) is 21.0. The lowest BCUT2D eigenvalue weighted by molar-refractivity contribution is -0.111. The molecule has 0 bridgehead atoms. The van der Waals surface area contributed by atoms with E-state index in [0.29, 0.717) is 34.2 Å². The van der Waals surface area contributed by atoms with Crippen LogP contribution in [-0.2, 0) is 4.79 Å². The number of nitrogens with zero attached hydrogens (tertiary/aromatic N) is 1. The molecule has 5 aromatic rings. The predicted octanol–water partition coefficient (Wildman–Crippen LogP) is 5.99. The van der Waals surface area contributed by atoms with Crippen LogP contribution in [0, 0.1) is 0 Å². The SMILES string of the molecule is O=C(/C=C/c1ccco1)Nc1ccc(C(=O)Nc2cccc(-c3nc4ccccc4o3)c2)cc1. The molecule has 0 radical (unpaired) electrons. The summed E-state index contributed by atoms with van der Waals surface area (Å²) in [7, 11) is 0. The van der Waals surface area contributed by atoms with E-state index in [2.05, 4.69) is 15.6 Å². The maximum Gasteiger partial charge on any atom is 0.255 e. The third-order valence-corrected chi connectivity index (χ3v) is 5.02. The van der Waals surface area contributed by atoms with Gasteiger partial charge in [-0.05, 0) is 72.8 Å². The second kappa shape index (κ2) is 9.30. The molecule has 0 saturated carbocycles. The fourth-order valence-corrected chi connectivity index (χ4v) is 3.36. The van der Waals surface area contributed by atoms with E-state index >= 15 is 0 Å². The lowest BCUT2D eigenvalue weighted by Crippen LogP contribution is -2.12. The predicted molar refractivity (Wildman–Crippen MR) is 130 cm³/mol. The highest BCUT2D eigenvalue weighted by molar-refractivity contribution is 6.05. The Labute approximate surface area is 194 Å². The summed E-state index contributed by atoms with van der Waals surface area (Å²) in [5.41, 5.74) is 3.88. The van der Waals surface area contributed by atoms with Crippen LogP contribution in [0.3, 0.4) is 0 Å². The molecule has 0 spiro atoms. The van der Waals surface area contributed by atoms with E-state index in [4.69, 9.17) is 8.83 Å². The van der Waals surface area contributed by atoms with Crippen molar-refractivity contribution in [1.29, 1.82) is 0 Å². The zero-order chi connectivity index (χ0) is 23.3. The molecule has 7 nitrogen and oxygen atoms in total. The summed E-state index contributed by atoms with van der Waals surface area (Å²) in [5, 5.41) is 5.62. The second-order valence-corrected chi connectivity index (χ2v) is 7.44. The molecule has 2 aromatic heterocycles. The Morgan fingerprint density at radius 1 is 0.824 bits per heavy atom. The number of rotatable bonds is 6. The van der Waals surface area contributed by atoms with Gasteiger partial charge >= 0.3 is 0 Å². The molecule has 0 aliphatic rings. The summed E-state index contributed by atoms with van der Waals surface area (Å²) in [4.78, 5) is 29.3. The number of carbonyl (C=O) groups is 2. The number of oxazole rings is 1. The van der Waals surface area contributed by atoms with Gasteiger partial charge in [-0.1, -0.05) is 18.2 Å². The van der Waals surface area contributed by atoms with Gasteiger partial charge in [-0.2, -0.15) is 0 Å². The highest BCUT2D eigenvalue weighted by atomic mass is 16.3. The lowest BCUT2D eigenvalue weighted by Gasteiger charge is -2.07. The summed E-state index contributed by atoms with van der Waals surface area (Å²) in [6.45, 7) is 0. The number of aromatic nitrogens is 1. The molecule has 0 fully saturated rings. The highest BCUT2D eigenvalue weighted by Crippen LogP contribution is 2.26. The summed E-state index contributed by atoms with van der Waals surface area (Å²) >= 11 is 0. The summed E-state index contributed by atoms with van der Waals surface area (Å²) in [6.07, 6.45) is 4.49. The Bertz CT molecular complexity index is 1450. The van der Waals surface area contributed by atoms with E-state index in [0.717, 1.165) is 11.1 Å². The van der Waals surface area contributed by atoms with E-state index in [9.17, 15) is 9.59 Å². The third-order valence-electron chi connectivity index (χ3n) is 5.02. The molecule has 166 valence electrons. The number of nitrogens with one attached hydrogen (secondary N) is 2. The van der Waals surface area contributed by atoms with Gasteiger partial charge in [0, 0.05) is 28.6 Å². The smallest absolute Gasteiger partial charge is 0.255 e. The van der Waals surface area contributed by atoms with Crippen LogP contribution < -0.4 is 10.6 Å². The number of hydrogen-bond donors (Lipinski definition) is 2. The number of benzene rings is 3. The van der Waals surface area contributed by atoms with Crippen molar-refractivity contribution in [3.63, 3.8) is 0 Å². The molecule has 0 aliphatic heterocycles. The molecule has 5 rings (SSSR count). The van der Waals surface area contributed by atoms with Crippen LogP contribution in [0.4, 0.5) is 11.4 Å². The van der Waals surface area contributed by atoms with Crippen LogP contribution in [0.25, 0.3) is 28.6 Å². The van der Waals surface area contributed by atoms with Crippen LogP contribution >= 0.6 is 0 Å². The van der Waals surface area contributed by atoms with E-state index in [1.807, 2.05) is 42.5 Å². The molecule has 0 aliphatic carbocycles. The summed E-state index contributed by atoms with van der Waals surface area (Å²) < 4.78 is 11.0. The molecule has 3 aromatic carbocycles. The van der Waals surface area contributed by atoms with E-state index in [1.165, 1.54) is 12.3 Å². The van der Waals surface area contributed by atoms with Crippen molar-refractivity contribution in [2.75, 3.05) is 10.6 Å². The van der Waals surface area contributed by atoms with Gasteiger partial charge in [0.1, 0.15) is 11.3 Å². The number of fused-ring (bicyclic) bond motifs is 1. The quantitative estimate of drug-likeness (QED) is 0.310. The standard InChI is InChI=1S/C27H19N3O4/c31-25(15-14-22-7-4-16-33-22)28-20-12-10-18(11-13-20)26(32)29-21-6-3-5-19(17-21)27-30-23-8-1-2-9-24(23)34-27/h1-17H,(H,28,31)(H,29,32)/b15-14+. The molecule has 34 heavy (non-hydrogen) atoms. The number of anilines is 2. The van der Waals surface area contributed by atoms with Crippen LogP contribution in [0.15, 0.2) is 106 Å². The lowest BCUT2D eigenvalue weighted by atomic mass is 10.1. The Kier molecular flexibility index (Phi) is 5.73. The van der Waals surface area contributed by atoms with Crippen molar-refractivity contribution in [1.82, 2.24) is 4.98 Å². The van der Waals surface area contributed by atoms with E-state index in [1.54, 1.807) is 48.5 Å². The van der Waals surface area contributed by atoms with Crippen molar-refractivity contribution in [2.24, 2.45) is 0 Å². The molecule has 7 heteroatoms. The summed E-state index contributed by atoms with van der Waals surface area (Å²) in [5.74, 6) is 0.496. The molecular weight excluding hydrogens is 430 g/mol. The Balaban J connectivity index is 1.24. The Hall–Kier alpha value is -4.91.